The fraction of sp³-hybridized carbons (Fsp3) is 0.500. The van der Waals surface area contributed by atoms with Gasteiger partial charge < -0.3 is 5.32 Å². The Morgan fingerprint density at radius 3 is 2.67 bits per heavy atom. The first-order valence-corrected chi connectivity index (χ1v) is 7.57. The average molecular weight is 269 g/mol. The van der Waals surface area contributed by atoms with E-state index in [1.54, 1.807) is 6.07 Å². The summed E-state index contributed by atoms with van der Waals surface area (Å²) in [5.41, 5.74) is 1.67. The molecule has 1 aliphatic heterocycles. The lowest BCUT2D eigenvalue weighted by molar-refractivity contribution is 0.482. The summed E-state index contributed by atoms with van der Waals surface area (Å²) in [4.78, 5) is 0. The largest absolute Gasteiger partial charge is 0.316 e. The summed E-state index contributed by atoms with van der Waals surface area (Å²) in [6.45, 7) is 1.95. The minimum atomic E-state index is -3.38. The van der Waals surface area contributed by atoms with Crippen molar-refractivity contribution in [2.24, 2.45) is 0 Å². The standard InChI is InChI=1S/C12H19N3O2S/c1-13-10-11-5-4-6-12(9-11)14-18(16,17)15-7-2-3-8-15/h4-6,9,13-14H,2-3,7-8,10H2,1H3. The first kappa shape index (κ1) is 13.3. The van der Waals surface area contributed by atoms with Gasteiger partial charge >= 0.3 is 10.2 Å². The third-order valence-corrected chi connectivity index (χ3v) is 4.50. The highest BCUT2D eigenvalue weighted by Gasteiger charge is 2.24. The maximum atomic E-state index is 12.1. The summed E-state index contributed by atoms with van der Waals surface area (Å²) in [5, 5.41) is 3.04. The molecule has 0 amide bonds. The number of benzene rings is 1. The Morgan fingerprint density at radius 2 is 2.00 bits per heavy atom. The second-order valence-electron chi connectivity index (χ2n) is 4.44. The van der Waals surface area contributed by atoms with Gasteiger partial charge in [-0.15, -0.1) is 0 Å². The van der Waals surface area contributed by atoms with E-state index in [1.165, 1.54) is 4.31 Å². The lowest BCUT2D eigenvalue weighted by Crippen LogP contribution is -2.33. The number of anilines is 1. The van der Waals surface area contributed by atoms with Crippen LogP contribution in [-0.2, 0) is 16.8 Å². The van der Waals surface area contributed by atoms with Crippen molar-refractivity contribution in [1.82, 2.24) is 9.62 Å². The van der Waals surface area contributed by atoms with Crippen LogP contribution < -0.4 is 10.0 Å². The van der Waals surface area contributed by atoms with Gasteiger partial charge in [-0.25, -0.2) is 0 Å². The smallest absolute Gasteiger partial charge is 0.301 e. The van der Waals surface area contributed by atoms with Crippen LogP contribution in [0.1, 0.15) is 18.4 Å². The molecule has 0 radical (unpaired) electrons. The van der Waals surface area contributed by atoms with Gasteiger partial charge in [0.2, 0.25) is 0 Å². The highest BCUT2D eigenvalue weighted by molar-refractivity contribution is 7.90. The molecule has 18 heavy (non-hydrogen) atoms. The van der Waals surface area contributed by atoms with E-state index < -0.39 is 10.2 Å². The summed E-state index contributed by atoms with van der Waals surface area (Å²) in [7, 11) is -1.52. The molecule has 0 spiro atoms. The van der Waals surface area contributed by atoms with Crippen LogP contribution >= 0.6 is 0 Å². The molecule has 100 valence electrons. The number of rotatable bonds is 5. The van der Waals surface area contributed by atoms with Crippen LogP contribution in [0.5, 0.6) is 0 Å². The quantitative estimate of drug-likeness (QED) is 0.843. The SMILES string of the molecule is CNCc1cccc(NS(=O)(=O)N2CCCC2)c1. The Balaban J connectivity index is 2.10. The molecule has 1 fully saturated rings. The number of hydrogen-bond acceptors (Lipinski definition) is 3. The summed E-state index contributed by atoms with van der Waals surface area (Å²) in [6.07, 6.45) is 1.89. The molecule has 0 aliphatic carbocycles. The summed E-state index contributed by atoms with van der Waals surface area (Å²) >= 11 is 0. The van der Waals surface area contributed by atoms with E-state index >= 15 is 0 Å². The second kappa shape index (κ2) is 5.69. The van der Waals surface area contributed by atoms with E-state index in [0.29, 0.717) is 18.8 Å². The van der Waals surface area contributed by atoms with Gasteiger partial charge in [0.15, 0.2) is 0 Å². The lowest BCUT2D eigenvalue weighted by Gasteiger charge is -2.17. The van der Waals surface area contributed by atoms with Crippen molar-refractivity contribution in [3.8, 4) is 0 Å². The molecule has 2 N–H and O–H groups in total. The van der Waals surface area contributed by atoms with Gasteiger partial charge in [-0.05, 0) is 37.6 Å². The molecule has 1 heterocycles. The molecule has 1 aromatic carbocycles. The molecule has 5 nitrogen and oxygen atoms in total. The van der Waals surface area contributed by atoms with Gasteiger partial charge in [0.1, 0.15) is 0 Å². The van der Waals surface area contributed by atoms with Gasteiger partial charge in [-0.2, -0.15) is 12.7 Å². The Kier molecular flexibility index (Phi) is 4.21. The van der Waals surface area contributed by atoms with Crippen molar-refractivity contribution in [2.45, 2.75) is 19.4 Å². The number of nitrogens with zero attached hydrogens (tertiary/aromatic N) is 1. The Bertz CT molecular complexity index is 496. The highest BCUT2D eigenvalue weighted by Crippen LogP contribution is 2.17. The van der Waals surface area contributed by atoms with Crippen molar-refractivity contribution >= 4 is 15.9 Å². The minimum Gasteiger partial charge on any atom is -0.316 e. The zero-order chi connectivity index (χ0) is 13.0. The van der Waals surface area contributed by atoms with Crippen LogP contribution in [0.2, 0.25) is 0 Å². The number of hydrogen-bond donors (Lipinski definition) is 2. The van der Waals surface area contributed by atoms with Gasteiger partial charge in [0.05, 0.1) is 5.69 Å². The van der Waals surface area contributed by atoms with E-state index in [1.807, 2.05) is 25.2 Å². The van der Waals surface area contributed by atoms with Crippen molar-refractivity contribution in [3.05, 3.63) is 29.8 Å². The van der Waals surface area contributed by atoms with Crippen molar-refractivity contribution in [1.29, 1.82) is 0 Å². The molecule has 0 saturated carbocycles. The molecule has 0 bridgehead atoms. The predicted molar refractivity (Wildman–Crippen MR) is 72.6 cm³/mol. The third kappa shape index (κ3) is 3.22. The molecule has 2 rings (SSSR count). The Morgan fingerprint density at radius 1 is 1.28 bits per heavy atom. The van der Waals surface area contributed by atoms with Crippen molar-refractivity contribution in [3.63, 3.8) is 0 Å². The third-order valence-electron chi connectivity index (χ3n) is 2.96. The lowest BCUT2D eigenvalue weighted by atomic mass is 10.2. The van der Waals surface area contributed by atoms with E-state index in [9.17, 15) is 8.42 Å². The fourth-order valence-electron chi connectivity index (χ4n) is 2.09. The minimum absolute atomic E-state index is 0.617. The van der Waals surface area contributed by atoms with Gasteiger partial charge in [-0.3, -0.25) is 4.72 Å². The van der Waals surface area contributed by atoms with Crippen LogP contribution in [0.4, 0.5) is 5.69 Å². The fourth-order valence-corrected chi connectivity index (χ4v) is 3.38. The zero-order valence-corrected chi connectivity index (χ0v) is 11.3. The maximum Gasteiger partial charge on any atom is 0.301 e. The second-order valence-corrected chi connectivity index (χ2v) is 6.11. The first-order chi connectivity index (χ1) is 8.62. The van der Waals surface area contributed by atoms with Crippen molar-refractivity contribution < 1.29 is 8.42 Å². The normalized spacial score (nSPS) is 16.9. The predicted octanol–water partition coefficient (Wildman–Crippen LogP) is 1.16. The molecule has 0 atom stereocenters. The molecule has 1 aliphatic rings. The first-order valence-electron chi connectivity index (χ1n) is 6.13. The molecule has 0 aromatic heterocycles. The van der Waals surface area contributed by atoms with Gasteiger partial charge in [0.25, 0.3) is 0 Å². The average Bonchev–Trinajstić information content (AvgIpc) is 2.83. The Labute approximate surface area is 108 Å². The van der Waals surface area contributed by atoms with Gasteiger partial charge in [-0.1, -0.05) is 12.1 Å². The molecular weight excluding hydrogens is 250 g/mol. The Hall–Kier alpha value is -1.11. The molecule has 0 unspecified atom stereocenters. The van der Waals surface area contributed by atoms with Gasteiger partial charge in [0, 0.05) is 19.6 Å². The van der Waals surface area contributed by atoms with Crippen LogP contribution in [0.3, 0.4) is 0 Å². The van der Waals surface area contributed by atoms with Crippen LogP contribution in [0, 0.1) is 0 Å². The molecule has 6 heteroatoms. The molecule has 1 aromatic rings. The topological polar surface area (TPSA) is 61.4 Å². The van der Waals surface area contributed by atoms with Crippen LogP contribution in [-0.4, -0.2) is 32.9 Å². The van der Waals surface area contributed by atoms with E-state index in [2.05, 4.69) is 10.0 Å². The van der Waals surface area contributed by atoms with E-state index in [0.717, 1.165) is 24.9 Å². The summed E-state index contributed by atoms with van der Waals surface area (Å²) in [6, 6.07) is 7.44. The zero-order valence-electron chi connectivity index (χ0n) is 10.5. The monoisotopic (exact) mass is 269 g/mol. The van der Waals surface area contributed by atoms with Crippen LogP contribution in [0.25, 0.3) is 0 Å². The number of nitrogens with one attached hydrogen (secondary N) is 2. The highest BCUT2D eigenvalue weighted by atomic mass is 32.2. The molecular formula is C12H19N3O2S. The molecule has 1 saturated heterocycles. The van der Waals surface area contributed by atoms with Crippen LogP contribution in [0.15, 0.2) is 24.3 Å². The van der Waals surface area contributed by atoms with E-state index in [-0.39, 0.29) is 0 Å². The summed E-state index contributed by atoms with van der Waals surface area (Å²) < 4.78 is 28.3. The van der Waals surface area contributed by atoms with Crippen molar-refractivity contribution in [2.75, 3.05) is 24.9 Å². The summed E-state index contributed by atoms with van der Waals surface area (Å²) in [5.74, 6) is 0. The van der Waals surface area contributed by atoms with E-state index in [4.69, 9.17) is 0 Å². The maximum absolute atomic E-state index is 12.1.